The van der Waals surface area contributed by atoms with Gasteiger partial charge < -0.3 is 9.84 Å². The van der Waals surface area contributed by atoms with Gasteiger partial charge in [0.25, 0.3) is 0 Å². The van der Waals surface area contributed by atoms with Gasteiger partial charge in [0.05, 0.1) is 11.3 Å². The maximum absolute atomic E-state index is 13.3. The first-order valence-electron chi connectivity index (χ1n) is 5.63. The molecule has 0 aliphatic rings. The Morgan fingerprint density at radius 2 is 1.89 bits per heavy atom. The molecule has 6 heteroatoms. The van der Waals surface area contributed by atoms with Crippen molar-refractivity contribution < 1.29 is 23.8 Å². The summed E-state index contributed by atoms with van der Waals surface area (Å²) in [6.07, 6.45) is -0.791. The van der Waals surface area contributed by atoms with E-state index in [0.29, 0.717) is 0 Å². The number of rotatable bonds is 2. The summed E-state index contributed by atoms with van der Waals surface area (Å²) in [5, 5.41) is 11.3. The Balaban J connectivity index is 3.03. The van der Waals surface area contributed by atoms with Crippen molar-refractivity contribution in [3.05, 3.63) is 29.1 Å². The fourth-order valence-corrected chi connectivity index (χ4v) is 1.38. The number of nitrogens with one attached hydrogen (secondary N) is 1. The van der Waals surface area contributed by atoms with Crippen LogP contribution in [0.3, 0.4) is 0 Å². The first-order valence-corrected chi connectivity index (χ1v) is 5.63. The van der Waals surface area contributed by atoms with Gasteiger partial charge in [-0.3, -0.25) is 5.32 Å². The smallest absolute Gasteiger partial charge is 0.412 e. The molecule has 0 aliphatic carbocycles. The van der Waals surface area contributed by atoms with E-state index in [0.717, 1.165) is 6.07 Å². The highest BCUT2D eigenvalue weighted by molar-refractivity contribution is 5.99. The van der Waals surface area contributed by atoms with E-state index in [1.165, 1.54) is 13.0 Å². The van der Waals surface area contributed by atoms with Crippen molar-refractivity contribution in [2.45, 2.75) is 33.3 Å². The molecule has 0 atom stereocenters. The van der Waals surface area contributed by atoms with Crippen molar-refractivity contribution in [3.8, 4) is 0 Å². The van der Waals surface area contributed by atoms with Crippen LogP contribution in [0, 0.1) is 12.7 Å². The van der Waals surface area contributed by atoms with Gasteiger partial charge in [-0.2, -0.15) is 0 Å². The normalized spacial score (nSPS) is 11.0. The minimum absolute atomic E-state index is 0.000602. The van der Waals surface area contributed by atoms with Crippen LogP contribution < -0.4 is 5.32 Å². The maximum atomic E-state index is 13.3. The third-order valence-corrected chi connectivity index (χ3v) is 2.16. The van der Waals surface area contributed by atoms with E-state index in [1.54, 1.807) is 20.8 Å². The topological polar surface area (TPSA) is 75.6 Å². The molecule has 1 amide bonds. The Labute approximate surface area is 110 Å². The molecule has 1 aromatic carbocycles. The number of anilines is 1. The lowest BCUT2D eigenvalue weighted by Gasteiger charge is -2.20. The molecule has 0 spiro atoms. The summed E-state index contributed by atoms with van der Waals surface area (Å²) < 4.78 is 18.3. The second kappa shape index (κ2) is 5.26. The summed E-state index contributed by atoms with van der Waals surface area (Å²) in [5.74, 6) is -1.97. The maximum Gasteiger partial charge on any atom is 0.412 e. The molecule has 0 aliphatic heterocycles. The van der Waals surface area contributed by atoms with Gasteiger partial charge in [0, 0.05) is 0 Å². The molecular formula is C13H16FNO4. The van der Waals surface area contributed by atoms with Crippen molar-refractivity contribution >= 4 is 17.7 Å². The molecular weight excluding hydrogens is 253 g/mol. The van der Waals surface area contributed by atoms with Crippen LogP contribution in [-0.2, 0) is 4.74 Å². The number of aromatic carboxylic acids is 1. The zero-order valence-corrected chi connectivity index (χ0v) is 11.2. The molecule has 0 radical (unpaired) electrons. The Kier molecular flexibility index (Phi) is 4.14. The lowest BCUT2D eigenvalue weighted by atomic mass is 10.1. The van der Waals surface area contributed by atoms with Crippen LogP contribution in [0.15, 0.2) is 12.1 Å². The molecule has 0 fully saturated rings. The molecule has 0 heterocycles. The number of amides is 1. The lowest BCUT2D eigenvalue weighted by molar-refractivity contribution is 0.0636. The quantitative estimate of drug-likeness (QED) is 0.864. The summed E-state index contributed by atoms with van der Waals surface area (Å²) in [4.78, 5) is 22.6. The van der Waals surface area contributed by atoms with E-state index >= 15 is 0 Å². The van der Waals surface area contributed by atoms with Crippen LogP contribution in [0.1, 0.15) is 36.7 Å². The van der Waals surface area contributed by atoms with E-state index in [2.05, 4.69) is 5.32 Å². The predicted octanol–water partition coefficient (Wildman–Crippen LogP) is 3.18. The van der Waals surface area contributed by atoms with Crippen LogP contribution in [0.2, 0.25) is 0 Å². The summed E-state index contributed by atoms with van der Waals surface area (Å²) in [6.45, 7) is 6.52. The van der Waals surface area contributed by atoms with E-state index in [9.17, 15) is 14.0 Å². The summed E-state index contributed by atoms with van der Waals surface area (Å²) in [5.41, 5.74) is -0.798. The molecule has 0 saturated carbocycles. The summed E-state index contributed by atoms with van der Waals surface area (Å²) in [6, 6.07) is 2.12. The Morgan fingerprint density at radius 3 is 2.37 bits per heavy atom. The monoisotopic (exact) mass is 269 g/mol. The summed E-state index contributed by atoms with van der Waals surface area (Å²) >= 11 is 0. The number of halogens is 1. The number of hydrogen-bond acceptors (Lipinski definition) is 3. The number of aryl methyl sites for hydroxylation is 1. The van der Waals surface area contributed by atoms with Crippen molar-refractivity contribution in [3.63, 3.8) is 0 Å². The lowest BCUT2D eigenvalue weighted by Crippen LogP contribution is -2.27. The fourth-order valence-electron chi connectivity index (χ4n) is 1.38. The fraction of sp³-hybridized carbons (Fsp3) is 0.385. The number of carboxylic acid groups (broad SMARTS) is 1. The molecule has 2 N–H and O–H groups in total. The zero-order chi connectivity index (χ0) is 14.8. The van der Waals surface area contributed by atoms with Crippen LogP contribution in [0.25, 0.3) is 0 Å². The van der Waals surface area contributed by atoms with Crippen molar-refractivity contribution in [1.82, 2.24) is 0 Å². The second-order valence-corrected chi connectivity index (χ2v) is 5.08. The SMILES string of the molecule is Cc1cc(NC(=O)OC(C)(C)C)c(C(=O)O)cc1F. The highest BCUT2D eigenvalue weighted by atomic mass is 19.1. The molecule has 19 heavy (non-hydrogen) atoms. The van der Waals surface area contributed by atoms with Crippen molar-refractivity contribution in [2.24, 2.45) is 0 Å². The Morgan fingerprint density at radius 1 is 1.32 bits per heavy atom. The molecule has 0 saturated heterocycles. The van der Waals surface area contributed by atoms with Crippen LogP contribution in [0.5, 0.6) is 0 Å². The predicted molar refractivity (Wildman–Crippen MR) is 68.0 cm³/mol. The van der Waals surface area contributed by atoms with Gasteiger partial charge in [-0.25, -0.2) is 14.0 Å². The number of ether oxygens (including phenoxy) is 1. The molecule has 0 unspecified atom stereocenters. The third-order valence-electron chi connectivity index (χ3n) is 2.16. The largest absolute Gasteiger partial charge is 0.478 e. The van der Waals surface area contributed by atoms with Crippen molar-refractivity contribution in [2.75, 3.05) is 5.32 Å². The average Bonchev–Trinajstić information content (AvgIpc) is 2.19. The van der Waals surface area contributed by atoms with Gasteiger partial charge in [-0.15, -0.1) is 0 Å². The standard InChI is InChI=1S/C13H16FNO4/c1-7-5-10(8(11(16)17)6-9(7)14)15-12(18)19-13(2,3)4/h5-6H,1-4H3,(H,15,18)(H,16,17). The minimum Gasteiger partial charge on any atom is -0.478 e. The van der Waals surface area contributed by atoms with E-state index in [-0.39, 0.29) is 16.8 Å². The Bertz CT molecular complexity index is 520. The van der Waals surface area contributed by atoms with Crippen LogP contribution in [-0.4, -0.2) is 22.8 Å². The van der Waals surface area contributed by atoms with Crippen LogP contribution >= 0.6 is 0 Å². The van der Waals surface area contributed by atoms with Gasteiger partial charge in [0.15, 0.2) is 0 Å². The van der Waals surface area contributed by atoms with Gasteiger partial charge in [0.1, 0.15) is 11.4 Å². The van der Waals surface area contributed by atoms with E-state index in [4.69, 9.17) is 9.84 Å². The summed E-state index contributed by atoms with van der Waals surface area (Å²) in [7, 11) is 0. The molecule has 0 bridgehead atoms. The number of benzene rings is 1. The third kappa shape index (κ3) is 4.24. The van der Waals surface area contributed by atoms with Gasteiger partial charge in [0.2, 0.25) is 0 Å². The van der Waals surface area contributed by atoms with Crippen molar-refractivity contribution in [1.29, 1.82) is 0 Å². The number of carboxylic acids is 1. The first-order chi connectivity index (χ1) is 8.60. The molecule has 0 aromatic heterocycles. The highest BCUT2D eigenvalue weighted by Crippen LogP contribution is 2.21. The van der Waals surface area contributed by atoms with Gasteiger partial charge in [-0.1, -0.05) is 0 Å². The number of carbonyl (C=O) groups excluding carboxylic acids is 1. The average molecular weight is 269 g/mol. The first kappa shape index (κ1) is 14.9. The molecule has 1 aromatic rings. The van der Waals surface area contributed by atoms with E-state index < -0.39 is 23.5 Å². The molecule has 104 valence electrons. The number of carbonyl (C=O) groups is 2. The Hall–Kier alpha value is -2.11. The van der Waals surface area contributed by atoms with Gasteiger partial charge in [-0.05, 0) is 45.4 Å². The van der Waals surface area contributed by atoms with Crippen LogP contribution in [0.4, 0.5) is 14.9 Å². The van der Waals surface area contributed by atoms with Gasteiger partial charge >= 0.3 is 12.1 Å². The van der Waals surface area contributed by atoms with E-state index in [1.807, 2.05) is 0 Å². The second-order valence-electron chi connectivity index (χ2n) is 5.08. The molecule has 5 nitrogen and oxygen atoms in total. The zero-order valence-electron chi connectivity index (χ0n) is 11.2. The minimum atomic E-state index is -1.33. The highest BCUT2D eigenvalue weighted by Gasteiger charge is 2.20. The number of hydrogen-bond donors (Lipinski definition) is 2. The molecule has 1 rings (SSSR count).